The summed E-state index contributed by atoms with van der Waals surface area (Å²) in [5.41, 5.74) is 9.76. The van der Waals surface area contributed by atoms with Crippen molar-refractivity contribution in [3.05, 3.63) is 146 Å². The van der Waals surface area contributed by atoms with Crippen LogP contribution in [0.5, 0.6) is 0 Å². The van der Waals surface area contributed by atoms with E-state index in [9.17, 15) is 0 Å². The Morgan fingerprint density at radius 2 is 1.19 bits per heavy atom. The molecule has 0 aliphatic heterocycles. The lowest BCUT2D eigenvalue weighted by molar-refractivity contribution is 1.20. The molecule has 0 spiro atoms. The van der Waals surface area contributed by atoms with Gasteiger partial charge in [-0.05, 0) is 80.6 Å². The number of anilines is 3. The van der Waals surface area contributed by atoms with Crippen molar-refractivity contribution in [2.75, 3.05) is 4.90 Å². The molecule has 0 bridgehead atoms. The molecule has 3 heteroatoms. The lowest BCUT2D eigenvalue weighted by Crippen LogP contribution is -2.12. The van der Waals surface area contributed by atoms with Crippen LogP contribution in [0.25, 0.3) is 64.3 Å². The van der Waals surface area contributed by atoms with Crippen LogP contribution in [0.15, 0.2) is 146 Å². The molecule has 1 aliphatic rings. The minimum Gasteiger partial charge on any atom is -0.294 e. The van der Waals surface area contributed by atoms with E-state index < -0.39 is 0 Å². The molecule has 0 N–H and O–H groups in total. The molecular weight excluding hydrogens is 529 g/mol. The molecule has 0 unspecified atom stereocenters. The number of hydrogen-bond donors (Lipinski definition) is 0. The van der Waals surface area contributed by atoms with Gasteiger partial charge in [-0.25, -0.2) is 4.98 Å². The largest absolute Gasteiger partial charge is 0.294 e. The molecule has 1 aliphatic carbocycles. The molecule has 2 aromatic heterocycles. The number of rotatable bonds is 4. The molecule has 0 amide bonds. The number of fused-ring (bicyclic) bond motifs is 6. The van der Waals surface area contributed by atoms with Crippen molar-refractivity contribution in [3.63, 3.8) is 0 Å². The molecule has 2 nitrogen and oxygen atoms in total. The molecule has 0 atom stereocenters. The van der Waals surface area contributed by atoms with E-state index in [1.54, 1.807) is 0 Å². The number of hydrogen-bond acceptors (Lipinski definition) is 3. The van der Waals surface area contributed by atoms with E-state index in [1.165, 1.54) is 64.3 Å². The van der Waals surface area contributed by atoms with Crippen molar-refractivity contribution in [3.8, 4) is 33.4 Å². The highest BCUT2D eigenvalue weighted by Gasteiger charge is 2.25. The van der Waals surface area contributed by atoms with Crippen LogP contribution in [0.1, 0.15) is 0 Å². The summed E-state index contributed by atoms with van der Waals surface area (Å²) in [6.07, 6.45) is 1.95. The monoisotopic (exact) mass is 552 g/mol. The average Bonchev–Trinajstić information content (AvgIpc) is 3.59. The van der Waals surface area contributed by atoms with Gasteiger partial charge in [0.05, 0.1) is 0 Å². The Labute approximate surface area is 247 Å². The lowest BCUT2D eigenvalue weighted by Gasteiger charge is -2.26. The smallest absolute Gasteiger partial charge is 0.146 e. The quantitative estimate of drug-likeness (QED) is 0.216. The SMILES string of the molecule is c1ccc(-c2ccc(N(c3ccc4c(c3)-c3cccc5cccc-4c35)c3nccc4sc5ccccc5c34)cc2)cc1. The first-order valence-electron chi connectivity index (χ1n) is 14.2. The van der Waals surface area contributed by atoms with Crippen LogP contribution in [0, 0.1) is 0 Å². The Balaban J connectivity index is 1.28. The first kappa shape index (κ1) is 23.5. The third kappa shape index (κ3) is 3.47. The normalized spacial score (nSPS) is 11.8. The van der Waals surface area contributed by atoms with Crippen molar-refractivity contribution in [2.24, 2.45) is 0 Å². The summed E-state index contributed by atoms with van der Waals surface area (Å²) < 4.78 is 2.52. The third-order valence-corrected chi connectivity index (χ3v) is 9.60. The van der Waals surface area contributed by atoms with E-state index in [0.29, 0.717) is 0 Å². The maximum Gasteiger partial charge on any atom is 0.146 e. The van der Waals surface area contributed by atoms with E-state index in [1.807, 2.05) is 17.5 Å². The summed E-state index contributed by atoms with van der Waals surface area (Å²) in [5, 5.41) is 5.06. The van der Waals surface area contributed by atoms with E-state index in [4.69, 9.17) is 4.98 Å². The average molecular weight is 553 g/mol. The Morgan fingerprint density at radius 3 is 2.02 bits per heavy atom. The van der Waals surface area contributed by atoms with E-state index >= 15 is 0 Å². The third-order valence-electron chi connectivity index (χ3n) is 8.46. The molecule has 6 aromatic carbocycles. The maximum absolute atomic E-state index is 5.07. The maximum atomic E-state index is 5.07. The predicted octanol–water partition coefficient (Wildman–Crippen LogP) is 11.4. The molecule has 0 saturated heterocycles. The topological polar surface area (TPSA) is 16.1 Å². The van der Waals surface area contributed by atoms with Crippen molar-refractivity contribution >= 4 is 59.5 Å². The van der Waals surface area contributed by atoms with Gasteiger partial charge in [0.15, 0.2) is 0 Å². The molecule has 42 heavy (non-hydrogen) atoms. The van der Waals surface area contributed by atoms with Gasteiger partial charge in [0.2, 0.25) is 0 Å². The summed E-state index contributed by atoms with van der Waals surface area (Å²) in [5.74, 6) is 0.950. The summed E-state index contributed by atoms with van der Waals surface area (Å²) in [6, 6.07) is 50.4. The van der Waals surface area contributed by atoms with Crippen LogP contribution < -0.4 is 4.90 Å². The fourth-order valence-corrected chi connectivity index (χ4v) is 7.66. The highest BCUT2D eigenvalue weighted by molar-refractivity contribution is 7.25. The second-order valence-corrected chi connectivity index (χ2v) is 11.9. The molecule has 9 rings (SSSR count). The second kappa shape index (κ2) is 9.13. The summed E-state index contributed by atoms with van der Waals surface area (Å²) in [4.78, 5) is 7.40. The van der Waals surface area contributed by atoms with Gasteiger partial charge >= 0.3 is 0 Å². The minimum atomic E-state index is 0.950. The minimum absolute atomic E-state index is 0.950. The molecule has 196 valence electrons. The van der Waals surface area contributed by atoms with Crippen molar-refractivity contribution in [1.29, 1.82) is 0 Å². The van der Waals surface area contributed by atoms with E-state index in [2.05, 4.69) is 144 Å². The second-order valence-electron chi connectivity index (χ2n) is 10.8. The summed E-state index contributed by atoms with van der Waals surface area (Å²) in [7, 11) is 0. The zero-order valence-corrected chi connectivity index (χ0v) is 23.5. The number of aromatic nitrogens is 1. The van der Waals surface area contributed by atoms with Crippen LogP contribution in [0.3, 0.4) is 0 Å². The fraction of sp³-hybridized carbons (Fsp3) is 0. The fourth-order valence-electron chi connectivity index (χ4n) is 6.57. The van der Waals surface area contributed by atoms with Crippen molar-refractivity contribution in [1.82, 2.24) is 4.98 Å². The van der Waals surface area contributed by atoms with Gasteiger partial charge in [0.1, 0.15) is 5.82 Å². The van der Waals surface area contributed by atoms with Crippen LogP contribution in [-0.4, -0.2) is 4.98 Å². The first-order valence-corrected chi connectivity index (χ1v) is 15.0. The van der Waals surface area contributed by atoms with Crippen LogP contribution >= 0.6 is 11.3 Å². The lowest BCUT2D eigenvalue weighted by atomic mass is 10.0. The molecule has 0 fully saturated rings. The van der Waals surface area contributed by atoms with Crippen molar-refractivity contribution < 1.29 is 0 Å². The zero-order valence-electron chi connectivity index (χ0n) is 22.7. The van der Waals surface area contributed by atoms with Gasteiger partial charge in [-0.3, -0.25) is 4.90 Å². The van der Waals surface area contributed by atoms with Crippen LogP contribution in [-0.2, 0) is 0 Å². The summed E-state index contributed by atoms with van der Waals surface area (Å²) >= 11 is 1.82. The zero-order chi connectivity index (χ0) is 27.6. The molecular formula is C39H24N2S. The number of nitrogens with zero attached hydrogens (tertiary/aromatic N) is 2. The van der Waals surface area contributed by atoms with Crippen molar-refractivity contribution in [2.45, 2.75) is 0 Å². The Morgan fingerprint density at radius 1 is 0.476 bits per heavy atom. The Hall–Kier alpha value is -5.25. The van der Waals surface area contributed by atoms with Gasteiger partial charge in [-0.15, -0.1) is 11.3 Å². The molecule has 0 saturated carbocycles. The first-order chi connectivity index (χ1) is 20.8. The van der Waals surface area contributed by atoms with Crippen LogP contribution in [0.2, 0.25) is 0 Å². The van der Waals surface area contributed by atoms with E-state index in [-0.39, 0.29) is 0 Å². The number of pyridine rings is 1. The Kier molecular flexibility index (Phi) is 5.10. The standard InChI is InChI=1S/C39H24N2S/c1-2-8-25(9-3-1)26-16-18-28(19-17-26)41(39-38-33-12-4-5-15-35(33)42-36(38)22-23-40-39)29-20-21-30-31-13-6-10-27-11-7-14-32(37(27)31)34(30)24-29/h1-24H. The number of benzene rings is 6. The summed E-state index contributed by atoms with van der Waals surface area (Å²) in [6.45, 7) is 0. The Bertz CT molecular complexity index is 2290. The number of thiophene rings is 1. The van der Waals surface area contributed by atoms with Gasteiger partial charge in [-0.1, -0.05) is 103 Å². The van der Waals surface area contributed by atoms with Gasteiger partial charge < -0.3 is 0 Å². The molecule has 8 aromatic rings. The van der Waals surface area contributed by atoms with Crippen LogP contribution in [0.4, 0.5) is 17.2 Å². The van der Waals surface area contributed by atoms with Gasteiger partial charge in [0, 0.05) is 37.7 Å². The molecule has 0 radical (unpaired) electrons. The van der Waals surface area contributed by atoms with E-state index in [0.717, 1.165) is 17.2 Å². The van der Waals surface area contributed by atoms with Gasteiger partial charge in [-0.2, -0.15) is 0 Å². The van der Waals surface area contributed by atoms with Gasteiger partial charge in [0.25, 0.3) is 0 Å². The molecule has 2 heterocycles. The highest BCUT2D eigenvalue weighted by atomic mass is 32.1. The predicted molar refractivity (Wildman–Crippen MR) is 179 cm³/mol. The highest BCUT2D eigenvalue weighted by Crippen LogP contribution is 2.50.